The van der Waals surface area contributed by atoms with Gasteiger partial charge in [0.1, 0.15) is 11.2 Å². The number of aromatic nitrogens is 3. The first-order chi connectivity index (χ1) is 12.6. The van der Waals surface area contributed by atoms with Crippen LogP contribution in [0.25, 0.3) is 0 Å². The van der Waals surface area contributed by atoms with E-state index in [1.807, 2.05) is 26.1 Å². The first-order valence-electron chi connectivity index (χ1n) is 9.22. The third-order valence-corrected chi connectivity index (χ3v) is 5.72. The molecule has 7 heteroatoms. The molecule has 138 valence electrons. The van der Waals surface area contributed by atoms with E-state index in [0.29, 0.717) is 39.1 Å². The van der Waals surface area contributed by atoms with Crippen molar-refractivity contribution in [3.8, 4) is 0 Å². The highest BCUT2D eigenvalue weighted by molar-refractivity contribution is 5.94. The standard InChI is InChI=1S/C19H24N4O3/c1-3-23-13(2)4-5-15(18(23)25)17(24)22-9-7-19(8-10-22)16-14(6-11-26-19)12-20-21-16/h4-5,12H,3,6-11H2,1-2H3,(H,20,21). The van der Waals surface area contributed by atoms with Crippen molar-refractivity contribution in [1.29, 1.82) is 0 Å². The van der Waals surface area contributed by atoms with Crippen LogP contribution in [0.15, 0.2) is 23.1 Å². The van der Waals surface area contributed by atoms with Gasteiger partial charge in [0, 0.05) is 25.3 Å². The maximum atomic E-state index is 12.9. The Balaban J connectivity index is 1.55. The van der Waals surface area contributed by atoms with Crippen LogP contribution in [0.5, 0.6) is 0 Å². The average Bonchev–Trinajstić information content (AvgIpc) is 3.13. The van der Waals surface area contributed by atoms with E-state index < -0.39 is 0 Å². The van der Waals surface area contributed by atoms with Gasteiger partial charge in [-0.05, 0) is 50.8 Å². The predicted octanol–water partition coefficient (Wildman–Crippen LogP) is 1.60. The minimum atomic E-state index is -0.377. The highest BCUT2D eigenvalue weighted by Gasteiger charge is 2.43. The van der Waals surface area contributed by atoms with Crippen LogP contribution in [0.2, 0.25) is 0 Å². The number of fused-ring (bicyclic) bond motifs is 2. The molecule has 4 heterocycles. The van der Waals surface area contributed by atoms with Gasteiger partial charge >= 0.3 is 0 Å². The number of hydrogen-bond acceptors (Lipinski definition) is 4. The van der Waals surface area contributed by atoms with E-state index >= 15 is 0 Å². The molecule has 2 aliphatic rings. The maximum absolute atomic E-state index is 12.9. The van der Waals surface area contributed by atoms with Gasteiger partial charge in [0.2, 0.25) is 0 Å². The van der Waals surface area contributed by atoms with E-state index in [9.17, 15) is 9.59 Å². The molecule has 1 saturated heterocycles. The van der Waals surface area contributed by atoms with E-state index in [2.05, 4.69) is 10.2 Å². The third-order valence-electron chi connectivity index (χ3n) is 5.72. The van der Waals surface area contributed by atoms with Gasteiger partial charge in [0.05, 0.1) is 18.5 Å². The Morgan fingerprint density at radius 3 is 2.85 bits per heavy atom. The van der Waals surface area contributed by atoms with Crippen LogP contribution in [0.1, 0.15) is 47.1 Å². The molecule has 0 radical (unpaired) electrons. The molecule has 2 aromatic rings. The molecule has 0 bridgehead atoms. The Kier molecular flexibility index (Phi) is 4.19. The number of hydrogen-bond donors (Lipinski definition) is 1. The second-order valence-corrected chi connectivity index (χ2v) is 7.09. The number of carbonyl (C=O) groups is 1. The first kappa shape index (κ1) is 17.0. The quantitative estimate of drug-likeness (QED) is 0.886. The van der Waals surface area contributed by atoms with Crippen LogP contribution < -0.4 is 5.56 Å². The molecule has 1 amide bonds. The zero-order valence-corrected chi connectivity index (χ0v) is 15.2. The molecule has 0 atom stereocenters. The summed E-state index contributed by atoms with van der Waals surface area (Å²) in [6, 6.07) is 3.49. The number of aryl methyl sites for hydroxylation is 1. The molecule has 1 spiro atoms. The Morgan fingerprint density at radius 2 is 2.12 bits per heavy atom. The number of H-pyrrole nitrogens is 1. The van der Waals surface area contributed by atoms with E-state index in [0.717, 1.165) is 17.8 Å². The molecule has 1 fully saturated rings. The number of nitrogens with one attached hydrogen (secondary N) is 1. The van der Waals surface area contributed by atoms with Crippen LogP contribution in [0.4, 0.5) is 0 Å². The van der Waals surface area contributed by atoms with Crippen molar-refractivity contribution in [3.05, 3.63) is 51.2 Å². The van der Waals surface area contributed by atoms with Crippen molar-refractivity contribution in [2.75, 3.05) is 19.7 Å². The Labute approximate surface area is 152 Å². The summed E-state index contributed by atoms with van der Waals surface area (Å²) >= 11 is 0. The fourth-order valence-corrected chi connectivity index (χ4v) is 4.19. The summed E-state index contributed by atoms with van der Waals surface area (Å²) in [6.45, 7) is 6.17. The predicted molar refractivity (Wildman–Crippen MR) is 96.2 cm³/mol. The normalized spacial score (nSPS) is 18.8. The molecule has 4 rings (SSSR count). The van der Waals surface area contributed by atoms with Crippen LogP contribution in [0, 0.1) is 6.92 Å². The molecule has 26 heavy (non-hydrogen) atoms. The number of rotatable bonds is 2. The molecule has 2 aromatic heterocycles. The lowest BCUT2D eigenvalue weighted by atomic mass is 9.83. The van der Waals surface area contributed by atoms with E-state index in [-0.39, 0.29) is 22.6 Å². The van der Waals surface area contributed by atoms with Crippen molar-refractivity contribution in [2.45, 2.75) is 45.3 Å². The number of ether oxygens (including phenoxy) is 1. The van der Waals surface area contributed by atoms with Crippen molar-refractivity contribution in [1.82, 2.24) is 19.7 Å². The zero-order chi connectivity index (χ0) is 18.3. The monoisotopic (exact) mass is 356 g/mol. The summed E-state index contributed by atoms with van der Waals surface area (Å²) in [5.74, 6) is -0.187. The lowest BCUT2D eigenvalue weighted by molar-refractivity contribution is -0.0962. The van der Waals surface area contributed by atoms with Gasteiger partial charge in [0.25, 0.3) is 11.5 Å². The zero-order valence-electron chi connectivity index (χ0n) is 15.2. The molecular formula is C19H24N4O3. The number of piperidine rings is 1. The largest absolute Gasteiger partial charge is 0.368 e. The van der Waals surface area contributed by atoms with Gasteiger partial charge < -0.3 is 14.2 Å². The highest BCUT2D eigenvalue weighted by Crippen LogP contribution is 2.40. The minimum Gasteiger partial charge on any atom is -0.368 e. The molecule has 0 saturated carbocycles. The summed E-state index contributed by atoms with van der Waals surface area (Å²) in [4.78, 5) is 27.3. The van der Waals surface area contributed by atoms with Crippen LogP contribution in [-0.2, 0) is 23.3 Å². The first-order valence-corrected chi connectivity index (χ1v) is 9.22. The van der Waals surface area contributed by atoms with Crippen molar-refractivity contribution in [2.24, 2.45) is 0 Å². The fraction of sp³-hybridized carbons (Fsp3) is 0.526. The number of carbonyl (C=O) groups excluding carboxylic acids is 1. The minimum absolute atomic E-state index is 0.187. The topological polar surface area (TPSA) is 80.2 Å². The molecule has 7 nitrogen and oxygen atoms in total. The molecule has 0 aliphatic carbocycles. The van der Waals surface area contributed by atoms with Crippen LogP contribution >= 0.6 is 0 Å². The number of nitrogens with zero attached hydrogens (tertiary/aromatic N) is 3. The van der Waals surface area contributed by atoms with Gasteiger partial charge in [-0.1, -0.05) is 0 Å². The second kappa shape index (κ2) is 6.39. The van der Waals surface area contributed by atoms with Gasteiger partial charge in [-0.2, -0.15) is 5.10 Å². The lowest BCUT2D eigenvalue weighted by Crippen LogP contribution is -2.49. The summed E-state index contributed by atoms with van der Waals surface area (Å²) < 4.78 is 7.76. The Morgan fingerprint density at radius 1 is 1.35 bits per heavy atom. The highest BCUT2D eigenvalue weighted by atomic mass is 16.5. The van der Waals surface area contributed by atoms with Crippen LogP contribution in [-0.4, -0.2) is 45.3 Å². The van der Waals surface area contributed by atoms with Crippen molar-refractivity contribution in [3.63, 3.8) is 0 Å². The third kappa shape index (κ3) is 2.58. The number of pyridine rings is 1. The smallest absolute Gasteiger partial charge is 0.263 e. The van der Waals surface area contributed by atoms with Gasteiger partial charge in [-0.15, -0.1) is 0 Å². The fourth-order valence-electron chi connectivity index (χ4n) is 4.19. The number of amides is 1. The van der Waals surface area contributed by atoms with E-state index in [1.165, 1.54) is 5.56 Å². The number of aromatic amines is 1. The SMILES string of the molecule is CCn1c(C)ccc(C(=O)N2CCC3(CC2)OCCc2cn[nH]c23)c1=O. The maximum Gasteiger partial charge on any atom is 0.263 e. The molecule has 0 aromatic carbocycles. The molecule has 1 N–H and O–H groups in total. The lowest BCUT2D eigenvalue weighted by Gasteiger charge is -2.43. The molecule has 0 unspecified atom stereocenters. The second-order valence-electron chi connectivity index (χ2n) is 7.09. The Hall–Kier alpha value is -2.41. The van der Waals surface area contributed by atoms with Crippen LogP contribution in [0.3, 0.4) is 0 Å². The number of likely N-dealkylation sites (tertiary alicyclic amines) is 1. The molecule has 2 aliphatic heterocycles. The average molecular weight is 356 g/mol. The van der Waals surface area contributed by atoms with E-state index in [1.54, 1.807) is 15.5 Å². The van der Waals surface area contributed by atoms with Crippen molar-refractivity contribution < 1.29 is 9.53 Å². The summed E-state index contributed by atoms with van der Waals surface area (Å²) in [7, 11) is 0. The van der Waals surface area contributed by atoms with Crippen molar-refractivity contribution >= 4 is 5.91 Å². The van der Waals surface area contributed by atoms with E-state index in [4.69, 9.17) is 4.74 Å². The van der Waals surface area contributed by atoms with Gasteiger partial charge in [0.15, 0.2) is 0 Å². The summed E-state index contributed by atoms with van der Waals surface area (Å²) in [5.41, 5.74) is 2.80. The van der Waals surface area contributed by atoms with Gasteiger partial charge in [-0.3, -0.25) is 14.7 Å². The van der Waals surface area contributed by atoms with Gasteiger partial charge in [-0.25, -0.2) is 0 Å². The summed E-state index contributed by atoms with van der Waals surface area (Å²) in [5, 5.41) is 7.26. The summed E-state index contributed by atoms with van der Waals surface area (Å²) in [6.07, 6.45) is 4.16. The Bertz CT molecular complexity index is 890. The molecular weight excluding hydrogens is 332 g/mol.